The first-order valence-corrected chi connectivity index (χ1v) is 4.91. The number of rotatable bonds is 2. The quantitative estimate of drug-likeness (QED) is 0.622. The van der Waals surface area contributed by atoms with Gasteiger partial charge in [-0.05, 0) is 30.4 Å². The van der Waals surface area contributed by atoms with Crippen LogP contribution in [0.4, 0.5) is 0 Å². The molecule has 1 aliphatic carbocycles. The van der Waals surface area contributed by atoms with Crippen LogP contribution in [0.3, 0.4) is 0 Å². The van der Waals surface area contributed by atoms with Crippen molar-refractivity contribution < 1.29 is 0 Å². The SMILES string of the molecule is Cc1ccccc1CC1CCC1. The van der Waals surface area contributed by atoms with Crippen molar-refractivity contribution in [1.29, 1.82) is 0 Å². The van der Waals surface area contributed by atoms with E-state index in [0.29, 0.717) is 0 Å². The van der Waals surface area contributed by atoms with Crippen LogP contribution in [-0.2, 0) is 6.42 Å². The molecule has 0 atom stereocenters. The molecule has 2 rings (SSSR count). The van der Waals surface area contributed by atoms with E-state index in [4.69, 9.17) is 0 Å². The lowest BCUT2D eigenvalue weighted by Gasteiger charge is -2.25. The molecule has 0 aliphatic heterocycles. The average Bonchev–Trinajstić information content (AvgIpc) is 2.00. The predicted molar refractivity (Wildman–Crippen MR) is 52.2 cm³/mol. The summed E-state index contributed by atoms with van der Waals surface area (Å²) >= 11 is 0. The van der Waals surface area contributed by atoms with E-state index in [9.17, 15) is 0 Å². The molecule has 1 fully saturated rings. The monoisotopic (exact) mass is 160 g/mol. The van der Waals surface area contributed by atoms with Gasteiger partial charge in [-0.3, -0.25) is 0 Å². The molecule has 64 valence electrons. The van der Waals surface area contributed by atoms with Gasteiger partial charge in [0.15, 0.2) is 0 Å². The van der Waals surface area contributed by atoms with Crippen LogP contribution in [0, 0.1) is 12.8 Å². The fourth-order valence-corrected chi connectivity index (χ4v) is 1.85. The van der Waals surface area contributed by atoms with Crippen molar-refractivity contribution in [3.8, 4) is 0 Å². The zero-order valence-corrected chi connectivity index (χ0v) is 7.72. The molecule has 0 saturated heterocycles. The van der Waals surface area contributed by atoms with Gasteiger partial charge in [0.1, 0.15) is 0 Å². The van der Waals surface area contributed by atoms with Crippen LogP contribution in [-0.4, -0.2) is 0 Å². The second-order valence-corrected chi connectivity index (χ2v) is 3.93. The van der Waals surface area contributed by atoms with Crippen molar-refractivity contribution in [2.24, 2.45) is 5.92 Å². The van der Waals surface area contributed by atoms with E-state index in [1.165, 1.54) is 31.2 Å². The highest BCUT2D eigenvalue weighted by atomic mass is 14.2. The molecular weight excluding hydrogens is 144 g/mol. The summed E-state index contributed by atoms with van der Waals surface area (Å²) < 4.78 is 0. The maximum atomic E-state index is 2.27. The van der Waals surface area contributed by atoms with Crippen LogP contribution in [0.5, 0.6) is 0 Å². The van der Waals surface area contributed by atoms with E-state index in [2.05, 4.69) is 31.2 Å². The van der Waals surface area contributed by atoms with E-state index < -0.39 is 0 Å². The Bertz CT molecular complexity index is 258. The zero-order chi connectivity index (χ0) is 8.39. The van der Waals surface area contributed by atoms with Crippen LogP contribution in [0.15, 0.2) is 24.3 Å². The van der Waals surface area contributed by atoms with Crippen molar-refractivity contribution in [2.45, 2.75) is 32.6 Å². The van der Waals surface area contributed by atoms with E-state index in [-0.39, 0.29) is 0 Å². The van der Waals surface area contributed by atoms with Gasteiger partial charge in [-0.25, -0.2) is 0 Å². The molecule has 1 aromatic rings. The summed E-state index contributed by atoms with van der Waals surface area (Å²) in [4.78, 5) is 0. The van der Waals surface area contributed by atoms with Gasteiger partial charge in [-0.1, -0.05) is 43.5 Å². The first kappa shape index (κ1) is 7.85. The Morgan fingerprint density at radius 1 is 1.25 bits per heavy atom. The van der Waals surface area contributed by atoms with Crippen LogP contribution in [0.25, 0.3) is 0 Å². The fraction of sp³-hybridized carbons (Fsp3) is 0.500. The molecule has 1 aromatic carbocycles. The summed E-state index contributed by atoms with van der Waals surface area (Å²) in [6.45, 7) is 2.22. The standard InChI is InChI=1S/C12H16/c1-10-5-2-3-8-12(10)9-11-6-4-7-11/h2-3,5,8,11H,4,6-7,9H2,1H3. The van der Waals surface area contributed by atoms with Crippen LogP contribution in [0.2, 0.25) is 0 Å². The van der Waals surface area contributed by atoms with Gasteiger partial charge < -0.3 is 0 Å². The van der Waals surface area contributed by atoms with Crippen molar-refractivity contribution >= 4 is 0 Å². The Morgan fingerprint density at radius 3 is 2.58 bits per heavy atom. The molecule has 0 radical (unpaired) electrons. The summed E-state index contributed by atoms with van der Waals surface area (Å²) in [7, 11) is 0. The number of hydrogen-bond acceptors (Lipinski definition) is 0. The van der Waals surface area contributed by atoms with Gasteiger partial charge >= 0.3 is 0 Å². The van der Waals surface area contributed by atoms with E-state index in [1.54, 1.807) is 5.56 Å². The van der Waals surface area contributed by atoms with Crippen molar-refractivity contribution in [1.82, 2.24) is 0 Å². The lowest BCUT2D eigenvalue weighted by atomic mass is 9.80. The molecule has 0 heterocycles. The molecule has 12 heavy (non-hydrogen) atoms. The predicted octanol–water partition coefficient (Wildman–Crippen LogP) is 3.34. The first-order valence-electron chi connectivity index (χ1n) is 4.91. The van der Waals surface area contributed by atoms with Gasteiger partial charge in [0.25, 0.3) is 0 Å². The first-order chi connectivity index (χ1) is 5.86. The van der Waals surface area contributed by atoms with Crippen LogP contribution in [0.1, 0.15) is 30.4 Å². The third kappa shape index (κ3) is 1.52. The maximum Gasteiger partial charge on any atom is -0.0248 e. The molecule has 0 spiro atoms. The highest BCUT2D eigenvalue weighted by Crippen LogP contribution is 2.30. The Balaban J connectivity index is 2.06. The summed E-state index contributed by atoms with van der Waals surface area (Å²) in [5.41, 5.74) is 3.02. The van der Waals surface area contributed by atoms with E-state index in [0.717, 1.165) is 5.92 Å². The summed E-state index contributed by atoms with van der Waals surface area (Å²) in [5, 5.41) is 0. The third-order valence-corrected chi connectivity index (χ3v) is 2.99. The molecule has 0 heteroatoms. The zero-order valence-electron chi connectivity index (χ0n) is 7.72. The minimum atomic E-state index is 0.992. The minimum Gasteiger partial charge on any atom is -0.0620 e. The number of aryl methyl sites for hydroxylation is 1. The lowest BCUT2D eigenvalue weighted by molar-refractivity contribution is 0.314. The summed E-state index contributed by atoms with van der Waals surface area (Å²) in [6, 6.07) is 8.77. The number of benzene rings is 1. The molecule has 0 bridgehead atoms. The third-order valence-electron chi connectivity index (χ3n) is 2.99. The largest absolute Gasteiger partial charge is 0.0620 e. The molecule has 0 N–H and O–H groups in total. The molecule has 0 aromatic heterocycles. The Hall–Kier alpha value is -0.780. The van der Waals surface area contributed by atoms with Gasteiger partial charge in [0.2, 0.25) is 0 Å². The lowest BCUT2D eigenvalue weighted by Crippen LogP contribution is -2.14. The molecule has 0 amide bonds. The minimum absolute atomic E-state index is 0.992. The second kappa shape index (κ2) is 3.30. The van der Waals surface area contributed by atoms with Gasteiger partial charge in [-0.15, -0.1) is 0 Å². The molecule has 1 saturated carbocycles. The highest BCUT2D eigenvalue weighted by Gasteiger charge is 2.17. The normalized spacial score (nSPS) is 17.4. The molecule has 1 aliphatic rings. The highest BCUT2D eigenvalue weighted by molar-refractivity contribution is 5.26. The molecule has 0 nitrogen and oxygen atoms in total. The van der Waals surface area contributed by atoms with Gasteiger partial charge in [0.05, 0.1) is 0 Å². The maximum absolute atomic E-state index is 2.27. The Labute approximate surface area is 74.6 Å². The molecular formula is C12H16. The van der Waals surface area contributed by atoms with Crippen molar-refractivity contribution in [3.63, 3.8) is 0 Å². The van der Waals surface area contributed by atoms with Crippen LogP contribution < -0.4 is 0 Å². The average molecular weight is 160 g/mol. The van der Waals surface area contributed by atoms with Crippen molar-refractivity contribution in [2.75, 3.05) is 0 Å². The molecule has 0 unspecified atom stereocenters. The Morgan fingerprint density at radius 2 is 2.00 bits per heavy atom. The second-order valence-electron chi connectivity index (χ2n) is 3.93. The summed E-state index contributed by atoms with van der Waals surface area (Å²) in [5.74, 6) is 0.992. The van der Waals surface area contributed by atoms with Crippen molar-refractivity contribution in [3.05, 3.63) is 35.4 Å². The topological polar surface area (TPSA) is 0 Å². The fourth-order valence-electron chi connectivity index (χ4n) is 1.85. The van der Waals surface area contributed by atoms with E-state index >= 15 is 0 Å². The summed E-state index contributed by atoms with van der Waals surface area (Å²) in [6.07, 6.45) is 5.67. The van der Waals surface area contributed by atoms with Gasteiger partial charge in [-0.2, -0.15) is 0 Å². The smallest absolute Gasteiger partial charge is 0.0248 e. The Kier molecular flexibility index (Phi) is 2.16. The van der Waals surface area contributed by atoms with Gasteiger partial charge in [0, 0.05) is 0 Å². The van der Waals surface area contributed by atoms with E-state index in [1.807, 2.05) is 0 Å². The number of hydrogen-bond donors (Lipinski definition) is 0. The van der Waals surface area contributed by atoms with Crippen LogP contribution >= 0.6 is 0 Å².